The molecule has 0 saturated carbocycles. The molecule has 184 valence electrons. The lowest BCUT2D eigenvalue weighted by Crippen LogP contribution is -2.23. The first-order valence-corrected chi connectivity index (χ1v) is 11.3. The molecule has 35 heavy (non-hydrogen) atoms. The van der Waals surface area contributed by atoms with Crippen LogP contribution >= 0.6 is 0 Å². The second kappa shape index (κ2) is 11.9. The van der Waals surface area contributed by atoms with Gasteiger partial charge in [-0.1, -0.05) is 48.5 Å². The van der Waals surface area contributed by atoms with E-state index in [1.807, 2.05) is 77.1 Å². The van der Waals surface area contributed by atoms with Crippen LogP contribution in [0, 0.1) is 13.8 Å². The van der Waals surface area contributed by atoms with Gasteiger partial charge in [0.25, 0.3) is 0 Å². The Hall–Kier alpha value is -4.08. The topological polar surface area (TPSA) is 108 Å². The Morgan fingerprint density at radius 2 is 1.69 bits per heavy atom. The van der Waals surface area contributed by atoms with Gasteiger partial charge in [0, 0.05) is 19.0 Å². The molecule has 0 aliphatic heterocycles. The van der Waals surface area contributed by atoms with Crippen LogP contribution in [0.2, 0.25) is 0 Å². The normalized spacial score (nSPS) is 12.7. The van der Waals surface area contributed by atoms with Crippen molar-refractivity contribution in [3.63, 3.8) is 0 Å². The van der Waals surface area contributed by atoms with Gasteiger partial charge in [0.05, 0.1) is 17.1 Å². The number of nitrogens with zero attached hydrogens (tertiary/aromatic N) is 7. The molecule has 0 atom stereocenters. The number of aromatic nitrogens is 4. The van der Waals surface area contributed by atoms with Crippen molar-refractivity contribution in [2.24, 2.45) is 22.4 Å². The van der Waals surface area contributed by atoms with E-state index < -0.39 is 0 Å². The van der Waals surface area contributed by atoms with E-state index in [-0.39, 0.29) is 12.3 Å². The third-order valence-electron chi connectivity index (χ3n) is 5.54. The zero-order valence-corrected chi connectivity index (χ0v) is 21.0. The van der Waals surface area contributed by atoms with Crippen LogP contribution in [0.15, 0.2) is 62.6 Å². The predicted octanol–water partition coefficient (Wildman–Crippen LogP) is 3.88. The molecule has 1 heterocycles. The van der Waals surface area contributed by atoms with Crippen LogP contribution in [0.4, 0.5) is 0 Å². The molecule has 0 spiro atoms. The summed E-state index contributed by atoms with van der Waals surface area (Å²) in [6, 6.07) is 13.6. The van der Waals surface area contributed by atoms with E-state index in [2.05, 4.69) is 25.8 Å². The lowest BCUT2D eigenvalue weighted by atomic mass is 10.1. The van der Waals surface area contributed by atoms with Crippen LogP contribution in [-0.4, -0.2) is 37.1 Å². The molecular weight excluding hydrogens is 446 g/mol. The number of rotatable bonds is 9. The van der Waals surface area contributed by atoms with Gasteiger partial charge in [-0.2, -0.15) is 14.5 Å². The summed E-state index contributed by atoms with van der Waals surface area (Å²) in [4.78, 5) is 17.8. The number of hydrogen-bond acceptors (Lipinski definition) is 8. The van der Waals surface area contributed by atoms with Gasteiger partial charge in [-0.3, -0.25) is 0 Å². The first-order valence-electron chi connectivity index (χ1n) is 11.3. The van der Waals surface area contributed by atoms with E-state index >= 15 is 0 Å². The largest absolute Gasteiger partial charge is 0.475 e. The fourth-order valence-corrected chi connectivity index (χ4v) is 3.13. The highest BCUT2D eigenvalue weighted by Gasteiger charge is 2.14. The number of tetrazole rings is 1. The maximum Gasteiger partial charge on any atom is 0.368 e. The Kier molecular flexibility index (Phi) is 8.66. The Bertz CT molecular complexity index is 1320. The van der Waals surface area contributed by atoms with Crippen LogP contribution < -0.4 is 5.69 Å². The minimum atomic E-state index is -0.333. The van der Waals surface area contributed by atoms with Crippen LogP contribution in [0.25, 0.3) is 5.69 Å². The lowest BCUT2D eigenvalue weighted by Gasteiger charge is -2.13. The van der Waals surface area contributed by atoms with Gasteiger partial charge in [-0.05, 0) is 60.9 Å². The average molecular weight is 478 g/mol. The Balaban J connectivity index is 1.69. The SMILES string of the molecule is CC/C(=N\N=C(C)C(C)=NOCc1ccccc1C)OCc1c(C)cccc1-n1nnn(C)c1=O. The summed E-state index contributed by atoms with van der Waals surface area (Å²) in [5.74, 6) is 0.457. The number of oxime groups is 1. The van der Waals surface area contributed by atoms with E-state index in [9.17, 15) is 4.79 Å². The highest BCUT2D eigenvalue weighted by molar-refractivity contribution is 6.40. The monoisotopic (exact) mass is 477 g/mol. The van der Waals surface area contributed by atoms with Gasteiger partial charge < -0.3 is 9.57 Å². The van der Waals surface area contributed by atoms with E-state index in [1.165, 1.54) is 9.36 Å². The molecule has 0 aliphatic rings. The van der Waals surface area contributed by atoms with Crippen LogP contribution in [-0.2, 0) is 29.8 Å². The van der Waals surface area contributed by atoms with E-state index in [4.69, 9.17) is 9.57 Å². The Morgan fingerprint density at radius 1 is 0.943 bits per heavy atom. The van der Waals surface area contributed by atoms with Gasteiger partial charge in [0.2, 0.25) is 5.90 Å². The van der Waals surface area contributed by atoms with E-state index in [1.54, 1.807) is 7.05 Å². The number of hydrogen-bond donors (Lipinski definition) is 0. The van der Waals surface area contributed by atoms with E-state index in [0.29, 0.717) is 36.0 Å². The van der Waals surface area contributed by atoms with Crippen LogP contribution in [0.3, 0.4) is 0 Å². The third-order valence-corrected chi connectivity index (χ3v) is 5.54. The average Bonchev–Trinajstić information content (AvgIpc) is 3.18. The van der Waals surface area contributed by atoms with Gasteiger partial charge in [-0.25, -0.2) is 4.79 Å². The summed E-state index contributed by atoms with van der Waals surface area (Å²) in [6.45, 7) is 10.1. The molecular formula is C25H31N7O3. The second-order valence-electron chi connectivity index (χ2n) is 8.07. The summed E-state index contributed by atoms with van der Waals surface area (Å²) in [5.41, 5.74) is 5.54. The molecule has 0 bridgehead atoms. The van der Waals surface area contributed by atoms with Gasteiger partial charge in [0.15, 0.2) is 0 Å². The summed E-state index contributed by atoms with van der Waals surface area (Å²) < 4.78 is 8.39. The first-order chi connectivity index (χ1) is 16.8. The second-order valence-corrected chi connectivity index (χ2v) is 8.07. The van der Waals surface area contributed by atoms with Crippen molar-refractivity contribution >= 4 is 17.3 Å². The fourth-order valence-electron chi connectivity index (χ4n) is 3.13. The van der Waals surface area contributed by atoms with Crippen molar-refractivity contribution < 1.29 is 9.57 Å². The molecule has 1 aromatic heterocycles. The molecule has 10 nitrogen and oxygen atoms in total. The maximum atomic E-state index is 12.3. The third kappa shape index (κ3) is 6.50. The summed E-state index contributed by atoms with van der Waals surface area (Å²) in [6.07, 6.45) is 0.545. The van der Waals surface area contributed by atoms with Crippen molar-refractivity contribution in [2.75, 3.05) is 0 Å². The highest BCUT2D eigenvalue weighted by atomic mass is 16.6. The fraction of sp³-hybridized carbons (Fsp3) is 0.360. The van der Waals surface area contributed by atoms with Crippen molar-refractivity contribution in [3.8, 4) is 5.69 Å². The van der Waals surface area contributed by atoms with Crippen LogP contribution in [0.5, 0.6) is 0 Å². The van der Waals surface area contributed by atoms with Crippen molar-refractivity contribution in [1.82, 2.24) is 19.8 Å². The van der Waals surface area contributed by atoms with Gasteiger partial charge in [-0.15, -0.1) is 5.10 Å². The summed E-state index contributed by atoms with van der Waals surface area (Å²) in [5, 5.41) is 20.4. The molecule has 0 saturated heterocycles. The molecule has 0 N–H and O–H groups in total. The van der Waals surface area contributed by atoms with Crippen molar-refractivity contribution in [2.45, 2.75) is 54.3 Å². The molecule has 0 radical (unpaired) electrons. The maximum absolute atomic E-state index is 12.3. The number of aryl methyl sites for hydroxylation is 3. The summed E-state index contributed by atoms with van der Waals surface area (Å²) in [7, 11) is 1.55. The number of benzene rings is 2. The van der Waals surface area contributed by atoms with Gasteiger partial charge in [0.1, 0.15) is 13.2 Å². The highest BCUT2D eigenvalue weighted by Crippen LogP contribution is 2.18. The molecule has 0 unspecified atom stereocenters. The van der Waals surface area contributed by atoms with Crippen LogP contribution in [0.1, 0.15) is 49.4 Å². The Labute approximate surface area is 204 Å². The standard InChI is InChI=1S/C25H31N7O3/c1-7-24(27-26-19(4)20(5)28-35-15-21-13-9-8-11-17(21)2)34-16-22-18(3)12-10-14-23(22)32-25(33)31(6)29-30-32/h8-14H,7,15-16H2,1-6H3/b26-19?,27-24+,28-20?. The quantitative estimate of drug-likeness (QED) is 0.264. The Morgan fingerprint density at radius 3 is 2.37 bits per heavy atom. The molecule has 3 rings (SSSR count). The molecule has 0 fully saturated rings. The van der Waals surface area contributed by atoms with Gasteiger partial charge >= 0.3 is 5.69 Å². The summed E-state index contributed by atoms with van der Waals surface area (Å²) >= 11 is 0. The predicted molar refractivity (Wildman–Crippen MR) is 136 cm³/mol. The van der Waals surface area contributed by atoms with Crippen molar-refractivity contribution in [3.05, 3.63) is 75.2 Å². The lowest BCUT2D eigenvalue weighted by molar-refractivity contribution is 0.130. The smallest absolute Gasteiger partial charge is 0.368 e. The number of ether oxygens (including phenoxy) is 1. The molecule has 0 amide bonds. The van der Waals surface area contributed by atoms with E-state index in [0.717, 1.165) is 22.3 Å². The molecule has 0 aliphatic carbocycles. The molecule has 3 aromatic rings. The zero-order chi connectivity index (χ0) is 25.4. The minimum Gasteiger partial charge on any atom is -0.475 e. The zero-order valence-electron chi connectivity index (χ0n) is 21.0. The minimum absolute atomic E-state index is 0.207. The first kappa shape index (κ1) is 25.5. The molecule has 2 aromatic carbocycles. The molecule has 10 heteroatoms. The van der Waals surface area contributed by atoms with Crippen molar-refractivity contribution in [1.29, 1.82) is 0 Å².